The number of rotatable bonds is 3. The van der Waals surface area contributed by atoms with E-state index in [4.69, 9.17) is 4.74 Å². The fraction of sp³-hybridized carbons (Fsp3) is 0.714. The number of aryl methyl sites for hydroxylation is 1. The van der Waals surface area contributed by atoms with E-state index in [0.29, 0.717) is 5.69 Å². The number of carbonyl (C=O) groups is 1. The highest BCUT2D eigenvalue weighted by Gasteiger charge is 2.43. The zero-order valence-corrected chi connectivity index (χ0v) is 11.4. The molecule has 5 nitrogen and oxygen atoms in total. The minimum atomic E-state index is 0.0578. The van der Waals surface area contributed by atoms with Gasteiger partial charge >= 0.3 is 0 Å². The molecule has 0 aromatic carbocycles. The van der Waals surface area contributed by atoms with Gasteiger partial charge in [0, 0.05) is 30.8 Å². The lowest BCUT2D eigenvalue weighted by atomic mass is 9.87. The van der Waals surface area contributed by atoms with E-state index in [0.717, 1.165) is 57.7 Å². The van der Waals surface area contributed by atoms with E-state index >= 15 is 0 Å². The Bertz CT molecular complexity index is 463. The van der Waals surface area contributed by atoms with E-state index in [1.807, 2.05) is 11.0 Å². The Kier molecular flexibility index (Phi) is 3.31. The molecule has 5 heteroatoms. The molecule has 2 aliphatic rings. The number of likely N-dealkylation sites (tertiary alicyclic amines) is 1. The number of aromatic amines is 1. The van der Waals surface area contributed by atoms with Gasteiger partial charge in [-0.3, -0.25) is 9.89 Å². The summed E-state index contributed by atoms with van der Waals surface area (Å²) in [5.41, 5.74) is 1.82. The number of hydrogen-bond acceptors (Lipinski definition) is 3. The molecule has 104 valence electrons. The van der Waals surface area contributed by atoms with Gasteiger partial charge in [0.05, 0.1) is 6.61 Å². The molecule has 1 spiro atoms. The highest BCUT2D eigenvalue weighted by atomic mass is 16.5. The number of carbonyl (C=O) groups excluding carboxylic acids is 1. The molecular formula is C14H21N3O2. The van der Waals surface area contributed by atoms with Crippen molar-refractivity contribution in [2.75, 3.05) is 26.3 Å². The molecule has 2 saturated heterocycles. The van der Waals surface area contributed by atoms with Crippen LogP contribution in [0.5, 0.6) is 0 Å². The Hall–Kier alpha value is -1.36. The van der Waals surface area contributed by atoms with Crippen molar-refractivity contribution in [1.29, 1.82) is 0 Å². The monoisotopic (exact) mass is 263 g/mol. The van der Waals surface area contributed by atoms with Crippen LogP contribution in [0.4, 0.5) is 0 Å². The largest absolute Gasteiger partial charge is 0.381 e. The molecular weight excluding hydrogens is 242 g/mol. The number of ether oxygens (including phenoxy) is 1. The lowest BCUT2D eigenvalue weighted by Crippen LogP contribution is -2.32. The summed E-state index contributed by atoms with van der Waals surface area (Å²) >= 11 is 0. The van der Waals surface area contributed by atoms with Crippen LogP contribution in [0.15, 0.2) is 6.07 Å². The first-order chi connectivity index (χ1) is 9.22. The molecule has 1 aromatic rings. The van der Waals surface area contributed by atoms with Gasteiger partial charge in [0.25, 0.3) is 5.91 Å². The lowest BCUT2D eigenvalue weighted by molar-refractivity contribution is 0.0760. The molecule has 1 unspecified atom stereocenters. The number of nitrogens with zero attached hydrogens (tertiary/aromatic N) is 2. The van der Waals surface area contributed by atoms with Crippen LogP contribution in [0.1, 0.15) is 42.4 Å². The van der Waals surface area contributed by atoms with Gasteiger partial charge < -0.3 is 9.64 Å². The van der Waals surface area contributed by atoms with Crippen molar-refractivity contribution in [1.82, 2.24) is 15.1 Å². The van der Waals surface area contributed by atoms with Crippen molar-refractivity contribution in [2.45, 2.75) is 32.6 Å². The van der Waals surface area contributed by atoms with Crippen molar-refractivity contribution in [3.8, 4) is 0 Å². The summed E-state index contributed by atoms with van der Waals surface area (Å²) < 4.78 is 5.49. The summed E-state index contributed by atoms with van der Waals surface area (Å²) in [4.78, 5) is 14.3. The van der Waals surface area contributed by atoms with Gasteiger partial charge in [0.2, 0.25) is 0 Å². The molecule has 0 radical (unpaired) electrons. The van der Waals surface area contributed by atoms with E-state index in [9.17, 15) is 4.79 Å². The van der Waals surface area contributed by atoms with Crippen LogP contribution in [0.3, 0.4) is 0 Å². The van der Waals surface area contributed by atoms with Gasteiger partial charge in [-0.05, 0) is 25.3 Å². The quantitative estimate of drug-likeness (QED) is 0.901. The van der Waals surface area contributed by atoms with Crippen molar-refractivity contribution >= 4 is 5.91 Å². The number of amides is 1. The molecule has 0 saturated carbocycles. The summed E-state index contributed by atoms with van der Waals surface area (Å²) in [6, 6.07) is 1.89. The van der Waals surface area contributed by atoms with Crippen molar-refractivity contribution in [3.63, 3.8) is 0 Å². The first-order valence-corrected chi connectivity index (χ1v) is 7.14. The Labute approximate surface area is 113 Å². The van der Waals surface area contributed by atoms with Gasteiger partial charge in [0.1, 0.15) is 5.69 Å². The highest BCUT2D eigenvalue weighted by molar-refractivity contribution is 5.92. The van der Waals surface area contributed by atoms with Crippen LogP contribution in [-0.4, -0.2) is 47.3 Å². The van der Waals surface area contributed by atoms with Crippen LogP contribution in [0.25, 0.3) is 0 Å². The Morgan fingerprint density at radius 3 is 3.21 bits per heavy atom. The molecule has 0 bridgehead atoms. The van der Waals surface area contributed by atoms with Gasteiger partial charge in [0.15, 0.2) is 0 Å². The first-order valence-electron chi connectivity index (χ1n) is 7.14. The third kappa shape index (κ3) is 2.39. The predicted octanol–water partition coefficient (Wildman–Crippen LogP) is 1.61. The highest BCUT2D eigenvalue weighted by Crippen LogP contribution is 2.38. The van der Waals surface area contributed by atoms with E-state index in [-0.39, 0.29) is 11.3 Å². The molecule has 2 fully saturated rings. The first kappa shape index (κ1) is 12.7. The lowest BCUT2D eigenvalue weighted by Gasteiger charge is -2.21. The maximum atomic E-state index is 12.4. The standard InChI is InChI=1S/C14H21N3O2/c1-2-3-11-8-12(16-15-11)13(18)17-6-4-14(9-17)5-7-19-10-14/h8H,2-7,9-10H2,1H3,(H,15,16). The summed E-state index contributed by atoms with van der Waals surface area (Å²) in [5, 5.41) is 7.10. The Morgan fingerprint density at radius 2 is 2.47 bits per heavy atom. The zero-order valence-electron chi connectivity index (χ0n) is 11.4. The molecule has 3 heterocycles. The molecule has 1 aromatic heterocycles. The fourth-order valence-electron chi connectivity index (χ4n) is 3.11. The van der Waals surface area contributed by atoms with Gasteiger partial charge in [-0.1, -0.05) is 13.3 Å². The SMILES string of the molecule is CCCc1cc(C(=O)N2CCC3(CCOC3)C2)n[nH]1. The molecule has 2 aliphatic heterocycles. The van der Waals surface area contributed by atoms with E-state index in [1.165, 1.54) is 0 Å². The average Bonchev–Trinajstić information content (AvgIpc) is 3.13. The van der Waals surface area contributed by atoms with Gasteiger partial charge in [-0.2, -0.15) is 5.10 Å². The van der Waals surface area contributed by atoms with Crippen LogP contribution in [0, 0.1) is 5.41 Å². The molecule has 1 amide bonds. The normalized spacial score (nSPS) is 26.5. The van der Waals surface area contributed by atoms with Crippen molar-refractivity contribution in [2.24, 2.45) is 5.41 Å². The van der Waals surface area contributed by atoms with E-state index in [2.05, 4.69) is 17.1 Å². The van der Waals surface area contributed by atoms with Crippen LogP contribution in [-0.2, 0) is 11.2 Å². The number of nitrogens with one attached hydrogen (secondary N) is 1. The third-order valence-electron chi connectivity index (χ3n) is 4.28. The molecule has 1 atom stereocenters. The second-order valence-electron chi connectivity index (χ2n) is 5.81. The van der Waals surface area contributed by atoms with E-state index < -0.39 is 0 Å². The van der Waals surface area contributed by atoms with Crippen LogP contribution in [0.2, 0.25) is 0 Å². The Balaban J connectivity index is 1.67. The molecule has 0 aliphatic carbocycles. The molecule has 19 heavy (non-hydrogen) atoms. The number of aromatic nitrogens is 2. The minimum absolute atomic E-state index is 0.0578. The smallest absolute Gasteiger partial charge is 0.274 e. The molecule has 3 rings (SSSR count). The van der Waals surface area contributed by atoms with Crippen LogP contribution < -0.4 is 0 Å². The summed E-state index contributed by atoms with van der Waals surface area (Å²) in [6.07, 6.45) is 4.14. The summed E-state index contributed by atoms with van der Waals surface area (Å²) in [7, 11) is 0. The Morgan fingerprint density at radius 1 is 1.58 bits per heavy atom. The van der Waals surface area contributed by atoms with Crippen molar-refractivity contribution < 1.29 is 9.53 Å². The third-order valence-corrected chi connectivity index (χ3v) is 4.28. The topological polar surface area (TPSA) is 58.2 Å². The second-order valence-corrected chi connectivity index (χ2v) is 5.81. The van der Waals surface area contributed by atoms with Gasteiger partial charge in [-0.25, -0.2) is 0 Å². The van der Waals surface area contributed by atoms with Crippen LogP contribution >= 0.6 is 0 Å². The predicted molar refractivity (Wildman–Crippen MR) is 71.0 cm³/mol. The number of hydrogen-bond donors (Lipinski definition) is 1. The van der Waals surface area contributed by atoms with Gasteiger partial charge in [-0.15, -0.1) is 0 Å². The maximum Gasteiger partial charge on any atom is 0.274 e. The summed E-state index contributed by atoms with van der Waals surface area (Å²) in [5.74, 6) is 0.0578. The fourth-order valence-corrected chi connectivity index (χ4v) is 3.11. The summed E-state index contributed by atoms with van der Waals surface area (Å²) in [6.45, 7) is 5.41. The van der Waals surface area contributed by atoms with E-state index in [1.54, 1.807) is 0 Å². The maximum absolute atomic E-state index is 12.4. The number of H-pyrrole nitrogens is 1. The minimum Gasteiger partial charge on any atom is -0.381 e. The second kappa shape index (κ2) is 4.96. The average molecular weight is 263 g/mol. The zero-order chi connectivity index (χ0) is 13.3. The molecule has 1 N–H and O–H groups in total. The van der Waals surface area contributed by atoms with Crippen molar-refractivity contribution in [3.05, 3.63) is 17.5 Å².